The summed E-state index contributed by atoms with van der Waals surface area (Å²) in [4.78, 5) is 10.8. The maximum Gasteiger partial charge on any atom is 0.306 e. The number of hydrogen-bond acceptors (Lipinski definition) is 9. The summed E-state index contributed by atoms with van der Waals surface area (Å²) < 4.78 is 24.6. The first-order chi connectivity index (χ1) is 24.1. The zero-order valence-electron chi connectivity index (χ0n) is 32.2. The molecule has 2 fully saturated rings. The SMILES string of the molecule is CO[C@H](\C=C/C=C/C=C\C=C\C=C/[C@H](C)[C@H](O)[C@H](C)[C@H]1O[C@@]2(C[C@@H](OC)[C@@H](C)[C@@H]([C@H](C)[C@@H](O)[C@@H](C)C/C(C)=C/CO)O2)[C@@H](O)C[C@@H]1C)CC(=O)O. The molecule has 1 spiro atoms. The smallest absolute Gasteiger partial charge is 0.306 e. The van der Waals surface area contributed by atoms with E-state index < -0.39 is 42.3 Å². The molecular formula is C41H66O10. The lowest BCUT2D eigenvalue weighted by atomic mass is 9.74. The quantitative estimate of drug-likeness (QED) is 0.0821. The first kappa shape index (κ1) is 44.7. The van der Waals surface area contributed by atoms with Crippen LogP contribution in [-0.2, 0) is 23.7 Å². The molecule has 0 aromatic carbocycles. The van der Waals surface area contributed by atoms with Crippen LogP contribution in [0.5, 0.6) is 0 Å². The molecule has 0 radical (unpaired) electrons. The number of carboxylic acids is 1. The third kappa shape index (κ3) is 13.2. The fourth-order valence-corrected chi connectivity index (χ4v) is 7.54. The van der Waals surface area contributed by atoms with Crippen molar-refractivity contribution >= 4 is 5.97 Å². The highest BCUT2D eigenvalue weighted by molar-refractivity contribution is 5.67. The molecule has 0 amide bonds. The van der Waals surface area contributed by atoms with Crippen LogP contribution in [-0.4, -0.2) is 101 Å². The lowest BCUT2D eigenvalue weighted by Crippen LogP contribution is -2.65. The maximum absolute atomic E-state index is 11.5. The molecule has 51 heavy (non-hydrogen) atoms. The van der Waals surface area contributed by atoms with Crippen molar-refractivity contribution in [3.05, 3.63) is 72.4 Å². The van der Waals surface area contributed by atoms with Gasteiger partial charge in [0.15, 0.2) is 5.79 Å². The van der Waals surface area contributed by atoms with E-state index in [-0.39, 0.29) is 60.7 Å². The Kier molecular flexibility index (Phi) is 19.3. The Bertz CT molecular complexity index is 1220. The van der Waals surface area contributed by atoms with Gasteiger partial charge in [-0.1, -0.05) is 114 Å². The fraction of sp³-hybridized carbons (Fsp3) is 0.683. The minimum absolute atomic E-state index is 0.0361. The van der Waals surface area contributed by atoms with E-state index >= 15 is 0 Å². The monoisotopic (exact) mass is 718 g/mol. The number of aliphatic carboxylic acids is 1. The number of methoxy groups -OCH3 is 2. The third-order valence-corrected chi connectivity index (χ3v) is 10.7. The molecule has 10 nitrogen and oxygen atoms in total. The van der Waals surface area contributed by atoms with Gasteiger partial charge in [0, 0.05) is 44.3 Å². The molecule has 2 heterocycles. The van der Waals surface area contributed by atoms with Gasteiger partial charge in [0.25, 0.3) is 0 Å². The van der Waals surface area contributed by atoms with Crippen molar-refractivity contribution in [2.24, 2.45) is 35.5 Å². The number of allylic oxidation sites excluding steroid dienone is 9. The lowest BCUT2D eigenvalue weighted by molar-refractivity contribution is -0.391. The number of ether oxygens (including phenoxy) is 4. The van der Waals surface area contributed by atoms with Crippen LogP contribution in [0.25, 0.3) is 0 Å². The van der Waals surface area contributed by atoms with Crippen LogP contribution in [0.4, 0.5) is 0 Å². The molecule has 2 aliphatic rings. The minimum atomic E-state index is -1.34. The van der Waals surface area contributed by atoms with E-state index in [1.54, 1.807) is 31.4 Å². The molecule has 2 saturated heterocycles. The van der Waals surface area contributed by atoms with Gasteiger partial charge in [-0.05, 0) is 31.6 Å². The standard InChI is InChI=1S/C41H66O10/c1-26(20-21-42)22-28(3)38(47)32(7)40-30(5)34(49-9)25-41(51-40)35(43)23-29(4)39(50-41)31(6)37(46)27(2)18-16-14-12-10-11-13-15-17-19-33(48-8)24-36(44)45/h10-20,27-35,37-40,42-43,46-47H,21-25H2,1-9H3,(H,44,45)/b11-10-,14-12+,15-13+,18-16-,19-17-,26-20+/t27-,28-,29-,30+,31-,32+,33+,34+,35-,37-,38-,39-,40-,41+/m0/s1. The maximum atomic E-state index is 11.5. The van der Waals surface area contributed by atoms with E-state index in [1.165, 1.54) is 7.11 Å². The second-order valence-electron chi connectivity index (χ2n) is 14.8. The van der Waals surface area contributed by atoms with Crippen LogP contribution in [0.3, 0.4) is 0 Å². The van der Waals surface area contributed by atoms with Gasteiger partial charge in [0.1, 0.15) is 6.10 Å². The Morgan fingerprint density at radius 3 is 1.96 bits per heavy atom. The van der Waals surface area contributed by atoms with Gasteiger partial charge in [0.05, 0.1) is 49.7 Å². The summed E-state index contributed by atoms with van der Waals surface area (Å²) in [5.41, 5.74) is 1.01. The van der Waals surface area contributed by atoms with E-state index in [4.69, 9.17) is 24.1 Å². The summed E-state index contributed by atoms with van der Waals surface area (Å²) in [5.74, 6) is -3.17. The van der Waals surface area contributed by atoms with Crippen molar-refractivity contribution in [3.8, 4) is 0 Å². The van der Waals surface area contributed by atoms with E-state index in [1.807, 2.05) is 84.1 Å². The van der Waals surface area contributed by atoms with Crippen molar-refractivity contribution in [3.63, 3.8) is 0 Å². The summed E-state index contributed by atoms with van der Waals surface area (Å²) in [6.07, 6.45) is 17.6. The molecule has 0 bridgehead atoms. The number of aliphatic hydroxyl groups excluding tert-OH is 4. The van der Waals surface area contributed by atoms with Crippen LogP contribution in [0, 0.1) is 35.5 Å². The Morgan fingerprint density at radius 2 is 1.41 bits per heavy atom. The third-order valence-electron chi connectivity index (χ3n) is 10.7. The van der Waals surface area contributed by atoms with Crippen LogP contribution in [0.2, 0.25) is 0 Å². The van der Waals surface area contributed by atoms with Crippen LogP contribution in [0.1, 0.15) is 74.1 Å². The fourth-order valence-electron chi connectivity index (χ4n) is 7.54. The Labute approximate surface area is 306 Å². The normalized spacial score (nSPS) is 32.3. The van der Waals surface area contributed by atoms with Crippen LogP contribution >= 0.6 is 0 Å². The predicted molar refractivity (Wildman–Crippen MR) is 200 cm³/mol. The first-order valence-electron chi connectivity index (χ1n) is 18.4. The van der Waals surface area contributed by atoms with Gasteiger partial charge in [-0.2, -0.15) is 0 Å². The summed E-state index contributed by atoms with van der Waals surface area (Å²) in [7, 11) is 3.13. The predicted octanol–water partition coefficient (Wildman–Crippen LogP) is 5.77. The largest absolute Gasteiger partial charge is 0.481 e. The number of rotatable bonds is 19. The van der Waals surface area contributed by atoms with E-state index in [0.717, 1.165) is 5.57 Å². The van der Waals surface area contributed by atoms with Crippen LogP contribution < -0.4 is 0 Å². The van der Waals surface area contributed by atoms with Gasteiger partial charge in [-0.15, -0.1) is 0 Å². The van der Waals surface area contributed by atoms with Crippen molar-refractivity contribution in [1.82, 2.24) is 0 Å². The zero-order chi connectivity index (χ0) is 38.3. The topological polar surface area (TPSA) is 155 Å². The highest BCUT2D eigenvalue weighted by Gasteiger charge is 2.57. The van der Waals surface area contributed by atoms with Crippen molar-refractivity contribution in [2.45, 2.75) is 123 Å². The molecule has 10 heteroatoms. The van der Waals surface area contributed by atoms with E-state index in [2.05, 4.69) is 6.92 Å². The molecule has 5 N–H and O–H groups in total. The minimum Gasteiger partial charge on any atom is -0.481 e. The molecule has 0 aromatic heterocycles. The second kappa shape index (κ2) is 22.0. The summed E-state index contributed by atoms with van der Waals surface area (Å²) in [5, 5.41) is 52.5. The highest BCUT2D eigenvalue weighted by Crippen LogP contribution is 2.47. The summed E-state index contributed by atoms with van der Waals surface area (Å²) in [6, 6.07) is 0. The summed E-state index contributed by atoms with van der Waals surface area (Å²) >= 11 is 0. The molecule has 2 aliphatic heterocycles. The second-order valence-corrected chi connectivity index (χ2v) is 14.8. The van der Waals surface area contributed by atoms with Crippen molar-refractivity contribution in [2.75, 3.05) is 20.8 Å². The number of hydrogen-bond donors (Lipinski definition) is 5. The highest BCUT2D eigenvalue weighted by atomic mass is 16.7. The van der Waals surface area contributed by atoms with Crippen molar-refractivity contribution < 1.29 is 49.3 Å². The molecule has 0 aliphatic carbocycles. The average Bonchev–Trinajstić information content (AvgIpc) is 3.09. The zero-order valence-corrected chi connectivity index (χ0v) is 32.2. The van der Waals surface area contributed by atoms with Crippen molar-refractivity contribution in [1.29, 1.82) is 0 Å². The Morgan fingerprint density at radius 1 is 0.863 bits per heavy atom. The summed E-state index contributed by atoms with van der Waals surface area (Å²) in [6.45, 7) is 13.9. The molecule has 290 valence electrons. The molecule has 0 saturated carbocycles. The molecule has 0 aromatic rings. The first-order valence-corrected chi connectivity index (χ1v) is 18.4. The number of aliphatic hydroxyl groups is 4. The molecule has 14 atom stereocenters. The van der Waals surface area contributed by atoms with Crippen LogP contribution in [0.15, 0.2) is 72.4 Å². The lowest BCUT2D eigenvalue weighted by Gasteiger charge is -2.56. The van der Waals surface area contributed by atoms with E-state index in [0.29, 0.717) is 19.3 Å². The van der Waals surface area contributed by atoms with Gasteiger partial charge in [0.2, 0.25) is 0 Å². The molecular weight excluding hydrogens is 652 g/mol. The molecule has 2 rings (SSSR count). The van der Waals surface area contributed by atoms with E-state index in [9.17, 15) is 25.2 Å². The Hall–Kier alpha value is -2.41. The average molecular weight is 719 g/mol. The Balaban J connectivity index is 2.10. The van der Waals surface area contributed by atoms with Gasteiger partial charge in [-0.25, -0.2) is 0 Å². The molecule has 0 unspecified atom stereocenters. The van der Waals surface area contributed by atoms with Gasteiger partial charge in [-0.3, -0.25) is 4.79 Å². The number of carbonyl (C=O) groups is 1. The number of carboxylic acid groups (broad SMARTS) is 1. The van der Waals surface area contributed by atoms with Gasteiger partial charge < -0.3 is 44.5 Å². The van der Waals surface area contributed by atoms with Gasteiger partial charge >= 0.3 is 5.97 Å².